The van der Waals surface area contributed by atoms with E-state index in [0.29, 0.717) is 12.4 Å². The molecule has 3 atom stereocenters. The summed E-state index contributed by atoms with van der Waals surface area (Å²) in [4.78, 5) is 7.09. The van der Waals surface area contributed by atoms with Crippen LogP contribution in [0.15, 0.2) is 41.7 Å². The Kier molecular flexibility index (Phi) is 6.41. The molecule has 1 aromatic heterocycles. The van der Waals surface area contributed by atoms with E-state index in [-0.39, 0.29) is 29.5 Å². The Morgan fingerprint density at radius 2 is 2.08 bits per heavy atom. The third kappa shape index (κ3) is 4.42. The van der Waals surface area contributed by atoms with Crippen molar-refractivity contribution in [1.29, 1.82) is 0 Å². The summed E-state index contributed by atoms with van der Waals surface area (Å²) in [6, 6.07) is 9.07. The Balaban J connectivity index is 0.978. The van der Waals surface area contributed by atoms with Gasteiger partial charge in [-0.25, -0.2) is 9.37 Å². The molecule has 7 rings (SSSR count). The zero-order valence-electron chi connectivity index (χ0n) is 22.1. The lowest BCUT2D eigenvalue weighted by Gasteiger charge is -2.42. The summed E-state index contributed by atoms with van der Waals surface area (Å²) in [5.74, 6) is 1.20. The number of likely N-dealkylation sites (tertiary alicyclic amines) is 1. The molecule has 0 amide bonds. The van der Waals surface area contributed by atoms with Crippen molar-refractivity contribution >= 4 is 5.82 Å². The highest BCUT2D eigenvalue weighted by molar-refractivity contribution is 5.50. The van der Waals surface area contributed by atoms with Gasteiger partial charge in [0.05, 0.1) is 12.1 Å². The molecule has 3 fully saturated rings. The van der Waals surface area contributed by atoms with E-state index in [0.717, 1.165) is 106 Å². The van der Waals surface area contributed by atoms with E-state index in [2.05, 4.69) is 22.3 Å². The van der Waals surface area contributed by atoms with Gasteiger partial charge in [-0.1, -0.05) is 12.1 Å². The van der Waals surface area contributed by atoms with Gasteiger partial charge in [-0.2, -0.15) is 0 Å². The van der Waals surface area contributed by atoms with Gasteiger partial charge in [-0.15, -0.1) is 0 Å². The number of ether oxygens (including phenoxy) is 2. The molecule has 6 nitrogen and oxygen atoms in total. The van der Waals surface area contributed by atoms with Crippen LogP contribution in [0.1, 0.15) is 79.5 Å². The fourth-order valence-corrected chi connectivity index (χ4v) is 7.17. The van der Waals surface area contributed by atoms with Gasteiger partial charge in [0, 0.05) is 49.5 Å². The molecule has 2 N–H and O–H groups in total. The standard InChI is InChI=1S/C31H38FN3O3/c32-21-7-9-24-25(18-21)27(28(36)26-29(24)38-17-13-31(26)11-12-31)35-15-10-23(19-35)37-16-2-1-5-22-8-6-20-4-3-14-33-30(20)34-22/h6-9,18,23,27,29,36H,1-5,10-17,19H2,(H,33,34)/t23-,27-,29?/m1/s1. The molecule has 2 aromatic rings. The van der Waals surface area contributed by atoms with Crippen molar-refractivity contribution in [1.82, 2.24) is 9.88 Å². The molecule has 202 valence electrons. The number of fused-ring (bicyclic) bond motifs is 5. The summed E-state index contributed by atoms with van der Waals surface area (Å²) in [5.41, 5.74) is 5.49. The number of hydrogen-bond acceptors (Lipinski definition) is 6. The average Bonchev–Trinajstić information content (AvgIpc) is 3.53. The molecular weight excluding hydrogens is 481 g/mol. The molecule has 0 bridgehead atoms. The number of benzene rings is 1. The van der Waals surface area contributed by atoms with Crippen molar-refractivity contribution in [2.75, 3.05) is 38.2 Å². The number of aliphatic hydroxyl groups excluding tert-OH is 1. The maximum atomic E-state index is 14.4. The van der Waals surface area contributed by atoms with Crippen LogP contribution in [0.4, 0.5) is 10.2 Å². The molecule has 3 aliphatic heterocycles. The molecule has 0 radical (unpaired) electrons. The maximum Gasteiger partial charge on any atom is 0.129 e. The zero-order chi connectivity index (χ0) is 25.7. The van der Waals surface area contributed by atoms with E-state index < -0.39 is 0 Å². The summed E-state index contributed by atoms with van der Waals surface area (Å²) >= 11 is 0. The molecule has 1 aromatic carbocycles. The molecule has 1 saturated carbocycles. The molecule has 4 heterocycles. The van der Waals surface area contributed by atoms with E-state index in [1.165, 1.54) is 18.1 Å². The van der Waals surface area contributed by atoms with Crippen molar-refractivity contribution in [3.63, 3.8) is 0 Å². The molecule has 1 unspecified atom stereocenters. The third-order valence-corrected chi connectivity index (χ3v) is 9.39. The highest BCUT2D eigenvalue weighted by Gasteiger charge is 2.56. The number of rotatable bonds is 7. The van der Waals surface area contributed by atoms with E-state index in [9.17, 15) is 9.50 Å². The minimum Gasteiger partial charge on any atom is -0.510 e. The van der Waals surface area contributed by atoms with Gasteiger partial charge in [0.2, 0.25) is 0 Å². The fourth-order valence-electron chi connectivity index (χ4n) is 7.17. The second-order valence-electron chi connectivity index (χ2n) is 11.8. The minimum atomic E-state index is -0.316. The number of aromatic nitrogens is 1. The number of anilines is 1. The lowest BCUT2D eigenvalue weighted by atomic mass is 9.75. The smallest absolute Gasteiger partial charge is 0.129 e. The van der Waals surface area contributed by atoms with Crippen molar-refractivity contribution < 1.29 is 19.0 Å². The largest absolute Gasteiger partial charge is 0.510 e. The van der Waals surface area contributed by atoms with Gasteiger partial charge in [0.25, 0.3) is 0 Å². The molecule has 7 heteroatoms. The number of halogens is 1. The molecule has 2 aliphatic carbocycles. The van der Waals surface area contributed by atoms with Crippen LogP contribution in [0.5, 0.6) is 0 Å². The van der Waals surface area contributed by atoms with Crippen LogP contribution in [0.2, 0.25) is 0 Å². The molecule has 38 heavy (non-hydrogen) atoms. The van der Waals surface area contributed by atoms with Gasteiger partial charge in [-0.3, -0.25) is 4.90 Å². The predicted molar refractivity (Wildman–Crippen MR) is 144 cm³/mol. The average molecular weight is 520 g/mol. The van der Waals surface area contributed by atoms with Gasteiger partial charge < -0.3 is 19.9 Å². The summed E-state index contributed by atoms with van der Waals surface area (Å²) in [6.45, 7) is 4.01. The monoisotopic (exact) mass is 519 g/mol. The first-order valence-corrected chi connectivity index (χ1v) is 14.5. The van der Waals surface area contributed by atoms with Crippen LogP contribution in [0.25, 0.3) is 0 Å². The first-order valence-electron chi connectivity index (χ1n) is 14.5. The lowest BCUT2D eigenvalue weighted by Crippen LogP contribution is -2.37. The Hall–Kier alpha value is -2.48. The Bertz CT molecular complexity index is 1240. The van der Waals surface area contributed by atoms with Crippen molar-refractivity contribution in [3.8, 4) is 0 Å². The number of aryl methyl sites for hydroxylation is 2. The second-order valence-corrected chi connectivity index (χ2v) is 11.8. The summed E-state index contributed by atoms with van der Waals surface area (Å²) in [6.07, 6.45) is 9.31. The van der Waals surface area contributed by atoms with Crippen molar-refractivity contribution in [2.24, 2.45) is 5.41 Å². The Morgan fingerprint density at radius 3 is 2.97 bits per heavy atom. The van der Waals surface area contributed by atoms with Crippen LogP contribution in [-0.4, -0.2) is 53.9 Å². The molecule has 2 saturated heterocycles. The predicted octanol–water partition coefficient (Wildman–Crippen LogP) is 5.80. The van der Waals surface area contributed by atoms with Gasteiger partial charge in [-0.05, 0) is 92.7 Å². The maximum absolute atomic E-state index is 14.4. The Labute approximate surface area is 224 Å². The second kappa shape index (κ2) is 9.92. The normalized spacial score (nSPS) is 27.6. The van der Waals surface area contributed by atoms with Crippen LogP contribution in [-0.2, 0) is 22.3 Å². The van der Waals surface area contributed by atoms with Crippen molar-refractivity contribution in [3.05, 3.63) is 69.9 Å². The summed E-state index contributed by atoms with van der Waals surface area (Å²) < 4.78 is 26.9. The number of nitrogens with zero attached hydrogens (tertiary/aromatic N) is 2. The van der Waals surface area contributed by atoms with Crippen LogP contribution < -0.4 is 5.32 Å². The first kappa shape index (κ1) is 24.6. The number of aliphatic hydroxyl groups is 1. The summed E-state index contributed by atoms with van der Waals surface area (Å²) in [7, 11) is 0. The van der Waals surface area contributed by atoms with E-state index in [1.54, 1.807) is 6.07 Å². The van der Waals surface area contributed by atoms with Gasteiger partial charge in [0.1, 0.15) is 23.5 Å². The first-order chi connectivity index (χ1) is 18.6. The molecular formula is C31H38FN3O3. The fraction of sp³-hybridized carbons (Fsp3) is 0.581. The highest BCUT2D eigenvalue weighted by atomic mass is 19.1. The highest BCUT2D eigenvalue weighted by Crippen LogP contribution is 2.64. The number of pyridine rings is 1. The molecule has 5 aliphatic rings. The molecule has 1 spiro atoms. The van der Waals surface area contributed by atoms with E-state index in [4.69, 9.17) is 14.5 Å². The summed E-state index contributed by atoms with van der Waals surface area (Å²) in [5, 5.41) is 15.1. The van der Waals surface area contributed by atoms with Crippen molar-refractivity contribution in [2.45, 2.75) is 76.0 Å². The minimum absolute atomic E-state index is 0.0793. The third-order valence-electron chi connectivity index (χ3n) is 9.39. The zero-order valence-corrected chi connectivity index (χ0v) is 22.1. The Morgan fingerprint density at radius 1 is 1.16 bits per heavy atom. The number of nitrogens with one attached hydrogen (secondary N) is 1. The van der Waals surface area contributed by atoms with Gasteiger partial charge in [0.15, 0.2) is 0 Å². The van der Waals surface area contributed by atoms with Crippen LogP contribution in [0.3, 0.4) is 0 Å². The topological polar surface area (TPSA) is 66.9 Å². The van der Waals surface area contributed by atoms with E-state index in [1.807, 2.05) is 6.07 Å². The number of unbranched alkanes of at least 4 members (excludes halogenated alkanes) is 1. The quantitative estimate of drug-likeness (QED) is 0.451. The van der Waals surface area contributed by atoms with E-state index >= 15 is 0 Å². The number of hydrogen-bond donors (Lipinski definition) is 2. The SMILES string of the molecule is OC1=C2C(OCCC23CC3)c2ccc(F)cc2[C@H]1N1CC[C@@H](OCCCCc2ccc3c(n2)NCCC3)C1. The van der Waals surface area contributed by atoms with Crippen LogP contribution >= 0.6 is 0 Å². The van der Waals surface area contributed by atoms with Crippen LogP contribution in [0, 0.1) is 11.2 Å². The van der Waals surface area contributed by atoms with Gasteiger partial charge >= 0.3 is 0 Å². The lowest BCUT2D eigenvalue weighted by molar-refractivity contribution is 0.0124.